The third-order valence-corrected chi connectivity index (χ3v) is 6.37. The molecule has 3 rings (SSSR count). The number of carbonyl (C=O) groups excluding carboxylic acids is 5. The van der Waals surface area contributed by atoms with Crippen LogP contribution >= 0.6 is 0 Å². The number of allylic oxidation sites excluding steroid dienone is 4. The maximum Gasteiger partial charge on any atom is 0.359 e. The average molecular weight is 585 g/mol. The van der Waals surface area contributed by atoms with E-state index < -0.39 is 60.7 Å². The molecule has 42 heavy (non-hydrogen) atoms. The molecule has 0 aromatic carbocycles. The molecule has 224 valence electrons. The molecule has 4 N–H and O–H groups in total. The number of aliphatic hydroxyl groups is 3. The van der Waals surface area contributed by atoms with Gasteiger partial charge < -0.3 is 25.5 Å². The standard InChI is InChI=1S/C28H32N4O10/c1-3-24(36)31(16(2)33)41-15-23(35)18-11-19(28(40)42-32-25(37)8-9-26(32)38)13-21(12-18)30-27(39)20(14-29)10-17-4-6-22(34)7-5-17/h4-6,10-12,16,21-22,25,33-34,37H,3,7-9,13,15H2,1-2H3,(H,30,39). The first-order valence-electron chi connectivity index (χ1n) is 13.2. The molecule has 4 unspecified atom stereocenters. The molecule has 0 radical (unpaired) electrons. The Morgan fingerprint density at radius 2 is 2.05 bits per heavy atom. The minimum atomic E-state index is -1.35. The summed E-state index contributed by atoms with van der Waals surface area (Å²) in [5.41, 5.74) is 0.00339. The van der Waals surface area contributed by atoms with Gasteiger partial charge in [-0.05, 0) is 31.1 Å². The van der Waals surface area contributed by atoms with E-state index in [1.807, 2.05) is 0 Å². The van der Waals surface area contributed by atoms with Crippen molar-refractivity contribution in [3.63, 3.8) is 0 Å². The monoisotopic (exact) mass is 584 g/mol. The lowest BCUT2D eigenvalue weighted by Gasteiger charge is -2.25. The highest BCUT2D eigenvalue weighted by atomic mass is 16.7. The SMILES string of the molecule is CCC(=O)N(OCC(=O)C1=CC(NC(=O)C(C#N)=CC2=CCC(O)C=C2)CC(C(=O)ON2C(=O)CCC2O)=C1)C(C)O. The van der Waals surface area contributed by atoms with E-state index in [4.69, 9.17) is 9.68 Å². The Labute approximate surface area is 241 Å². The van der Waals surface area contributed by atoms with E-state index in [2.05, 4.69) is 5.32 Å². The third kappa shape index (κ3) is 8.30. The largest absolute Gasteiger partial charge is 0.389 e. The van der Waals surface area contributed by atoms with Crippen LogP contribution in [0.2, 0.25) is 0 Å². The number of carbonyl (C=O) groups is 5. The molecule has 0 aromatic heterocycles. The summed E-state index contributed by atoms with van der Waals surface area (Å²) in [6.45, 7) is 2.10. The van der Waals surface area contributed by atoms with Crippen LogP contribution in [-0.2, 0) is 33.6 Å². The summed E-state index contributed by atoms with van der Waals surface area (Å²) < 4.78 is 0. The van der Waals surface area contributed by atoms with Gasteiger partial charge in [0.15, 0.2) is 18.2 Å². The summed E-state index contributed by atoms with van der Waals surface area (Å²) in [5, 5.41) is 42.7. The van der Waals surface area contributed by atoms with Crippen LogP contribution in [-0.4, -0.2) is 86.1 Å². The van der Waals surface area contributed by atoms with Crippen LogP contribution in [0.3, 0.4) is 0 Å². The van der Waals surface area contributed by atoms with Crippen molar-refractivity contribution in [2.75, 3.05) is 6.61 Å². The van der Waals surface area contributed by atoms with Gasteiger partial charge in [-0.25, -0.2) is 4.79 Å². The van der Waals surface area contributed by atoms with Crippen molar-refractivity contribution >= 4 is 29.5 Å². The predicted octanol–water partition coefficient (Wildman–Crippen LogP) is -0.0985. The van der Waals surface area contributed by atoms with E-state index in [0.29, 0.717) is 22.1 Å². The Morgan fingerprint density at radius 3 is 2.62 bits per heavy atom. The molecule has 0 saturated carbocycles. The number of Topliss-reactive ketones (excluding diaryl/α,β-unsaturated/α-hetero) is 1. The van der Waals surface area contributed by atoms with E-state index in [1.54, 1.807) is 18.2 Å². The molecule has 0 spiro atoms. The van der Waals surface area contributed by atoms with Gasteiger partial charge >= 0.3 is 5.97 Å². The highest BCUT2D eigenvalue weighted by molar-refractivity contribution is 6.03. The Bertz CT molecular complexity index is 1320. The molecule has 1 saturated heterocycles. The number of hydrogen-bond donors (Lipinski definition) is 4. The maximum atomic E-state index is 13.0. The number of ketones is 1. The minimum Gasteiger partial charge on any atom is -0.389 e. The lowest BCUT2D eigenvalue weighted by molar-refractivity contribution is -0.227. The molecule has 0 bridgehead atoms. The van der Waals surface area contributed by atoms with Gasteiger partial charge in [0, 0.05) is 36.8 Å². The van der Waals surface area contributed by atoms with Gasteiger partial charge in [-0.2, -0.15) is 10.3 Å². The first-order chi connectivity index (χ1) is 19.9. The fourth-order valence-electron chi connectivity index (χ4n) is 4.17. The van der Waals surface area contributed by atoms with Crippen LogP contribution in [0.1, 0.15) is 46.0 Å². The first-order valence-corrected chi connectivity index (χ1v) is 13.2. The van der Waals surface area contributed by atoms with Crippen molar-refractivity contribution in [2.45, 2.75) is 70.6 Å². The number of hydrogen-bond acceptors (Lipinski definition) is 11. The smallest absolute Gasteiger partial charge is 0.359 e. The highest BCUT2D eigenvalue weighted by Gasteiger charge is 2.35. The number of rotatable bonds is 11. The van der Waals surface area contributed by atoms with Crippen molar-refractivity contribution in [3.05, 3.63) is 58.7 Å². The molecule has 14 nitrogen and oxygen atoms in total. The van der Waals surface area contributed by atoms with Crippen molar-refractivity contribution in [3.8, 4) is 6.07 Å². The van der Waals surface area contributed by atoms with Crippen molar-refractivity contribution < 1.29 is 49.0 Å². The second-order valence-corrected chi connectivity index (χ2v) is 9.63. The van der Waals surface area contributed by atoms with E-state index in [-0.39, 0.29) is 42.4 Å². The number of aliphatic hydroxyl groups excluding tert-OH is 3. The van der Waals surface area contributed by atoms with Gasteiger partial charge in [-0.3, -0.25) is 24.0 Å². The molecule has 1 fully saturated rings. The van der Waals surface area contributed by atoms with Crippen molar-refractivity contribution in [1.82, 2.24) is 15.4 Å². The Balaban J connectivity index is 1.82. The summed E-state index contributed by atoms with van der Waals surface area (Å²) in [4.78, 5) is 73.2. The molecular formula is C28H32N4O10. The first kappa shape index (κ1) is 32.1. The van der Waals surface area contributed by atoms with Crippen LogP contribution in [0.25, 0.3) is 0 Å². The molecular weight excluding hydrogens is 552 g/mol. The number of amides is 3. The topological polar surface area (TPSA) is 207 Å². The zero-order chi connectivity index (χ0) is 31.0. The highest BCUT2D eigenvalue weighted by Crippen LogP contribution is 2.24. The molecule has 4 atom stereocenters. The predicted molar refractivity (Wildman–Crippen MR) is 142 cm³/mol. The third-order valence-electron chi connectivity index (χ3n) is 6.37. The Kier molecular flexibility index (Phi) is 11.1. The number of nitrogens with one attached hydrogen (secondary N) is 1. The second kappa shape index (κ2) is 14.5. The molecule has 3 aliphatic rings. The van der Waals surface area contributed by atoms with Crippen molar-refractivity contribution in [2.24, 2.45) is 0 Å². The number of nitrogens with zero attached hydrogens (tertiary/aromatic N) is 3. The summed E-state index contributed by atoms with van der Waals surface area (Å²) in [5.74, 6) is -3.78. The van der Waals surface area contributed by atoms with E-state index in [9.17, 15) is 44.6 Å². The molecule has 14 heteroatoms. The second-order valence-electron chi connectivity index (χ2n) is 9.63. The van der Waals surface area contributed by atoms with Crippen LogP contribution in [0, 0.1) is 11.3 Å². The average Bonchev–Trinajstić information content (AvgIpc) is 3.28. The summed E-state index contributed by atoms with van der Waals surface area (Å²) in [7, 11) is 0. The van der Waals surface area contributed by atoms with Gasteiger partial charge in [-0.1, -0.05) is 31.2 Å². The van der Waals surface area contributed by atoms with Crippen molar-refractivity contribution in [1.29, 1.82) is 5.26 Å². The van der Waals surface area contributed by atoms with E-state index in [0.717, 1.165) is 0 Å². The zero-order valence-electron chi connectivity index (χ0n) is 23.1. The number of hydroxylamine groups is 4. The Morgan fingerprint density at radius 1 is 1.31 bits per heavy atom. The van der Waals surface area contributed by atoms with Crippen LogP contribution in [0.15, 0.2) is 58.7 Å². The summed E-state index contributed by atoms with van der Waals surface area (Å²) >= 11 is 0. The molecule has 0 aromatic rings. The lowest BCUT2D eigenvalue weighted by Crippen LogP contribution is -2.40. The van der Waals surface area contributed by atoms with E-state index in [1.165, 1.54) is 38.2 Å². The maximum absolute atomic E-state index is 13.0. The molecule has 2 aliphatic carbocycles. The quantitative estimate of drug-likeness (QED) is 0.109. The van der Waals surface area contributed by atoms with Crippen LogP contribution in [0.4, 0.5) is 0 Å². The van der Waals surface area contributed by atoms with Gasteiger partial charge in [-0.15, -0.1) is 5.06 Å². The zero-order valence-corrected chi connectivity index (χ0v) is 23.1. The van der Waals surface area contributed by atoms with Crippen LogP contribution in [0.5, 0.6) is 0 Å². The minimum absolute atomic E-state index is 0.00508. The molecule has 1 aliphatic heterocycles. The fraction of sp³-hybridized carbons (Fsp3) is 0.429. The van der Waals surface area contributed by atoms with Gasteiger partial charge in [0.25, 0.3) is 11.8 Å². The Hall–Kier alpha value is -4.42. The molecule has 3 amide bonds. The van der Waals surface area contributed by atoms with Crippen LogP contribution < -0.4 is 5.32 Å². The normalized spacial score (nSPS) is 22.8. The van der Waals surface area contributed by atoms with Gasteiger partial charge in [0.05, 0.1) is 12.1 Å². The molecule has 1 heterocycles. The summed E-state index contributed by atoms with van der Waals surface area (Å²) in [6.07, 6.45) is 5.34. The fourth-order valence-corrected chi connectivity index (χ4v) is 4.17. The lowest BCUT2D eigenvalue weighted by atomic mass is 9.93. The number of nitriles is 1. The van der Waals surface area contributed by atoms with Gasteiger partial charge in [0.1, 0.15) is 18.2 Å². The van der Waals surface area contributed by atoms with E-state index >= 15 is 0 Å². The van der Waals surface area contributed by atoms with Gasteiger partial charge in [0.2, 0.25) is 5.91 Å². The summed E-state index contributed by atoms with van der Waals surface area (Å²) in [6, 6.07) is 0.803.